The van der Waals surface area contributed by atoms with E-state index < -0.39 is 0 Å². The molecule has 1 atom stereocenters. The predicted molar refractivity (Wildman–Crippen MR) is 86.8 cm³/mol. The molecule has 3 rings (SSSR count). The number of nitrogens with zero attached hydrogens (tertiary/aromatic N) is 3. The summed E-state index contributed by atoms with van der Waals surface area (Å²) in [5, 5.41) is 4.33. The molecule has 0 bridgehead atoms. The molecule has 1 aromatic carbocycles. The molecule has 5 heteroatoms. The molecular formula is C18H22FN3O. The van der Waals surface area contributed by atoms with Crippen molar-refractivity contribution in [1.82, 2.24) is 14.7 Å². The first-order valence-electron chi connectivity index (χ1n) is 8.07. The van der Waals surface area contributed by atoms with Crippen molar-refractivity contribution < 1.29 is 9.18 Å². The maximum atomic E-state index is 12.9. The molecule has 0 radical (unpaired) electrons. The number of halogens is 1. The van der Waals surface area contributed by atoms with Crippen molar-refractivity contribution in [3.63, 3.8) is 0 Å². The summed E-state index contributed by atoms with van der Waals surface area (Å²) in [7, 11) is 1.95. The maximum absolute atomic E-state index is 12.9. The maximum Gasteiger partial charge on any atom is 0.164 e. The highest BCUT2D eigenvalue weighted by atomic mass is 19.1. The van der Waals surface area contributed by atoms with Gasteiger partial charge in [0.2, 0.25) is 0 Å². The van der Waals surface area contributed by atoms with E-state index in [1.165, 1.54) is 23.4 Å². The highest BCUT2D eigenvalue weighted by Crippen LogP contribution is 2.33. The smallest absolute Gasteiger partial charge is 0.164 e. The molecule has 2 heterocycles. The summed E-state index contributed by atoms with van der Waals surface area (Å²) in [4.78, 5) is 14.6. The topological polar surface area (TPSA) is 38.1 Å². The van der Waals surface area contributed by atoms with Crippen LogP contribution in [0.2, 0.25) is 0 Å². The third-order valence-electron chi connectivity index (χ3n) is 4.79. The Morgan fingerprint density at radius 3 is 2.74 bits per heavy atom. The number of aromatic nitrogens is 2. The SMILES string of the molecule is Cc1c(C2CCCN2CCC(=O)c2ccc(F)cc2)cnn1C. The minimum atomic E-state index is -0.312. The summed E-state index contributed by atoms with van der Waals surface area (Å²) in [6.45, 7) is 3.83. The zero-order valence-electron chi connectivity index (χ0n) is 13.6. The van der Waals surface area contributed by atoms with Crippen LogP contribution in [0.25, 0.3) is 0 Å². The molecule has 1 aliphatic heterocycles. The molecule has 1 aliphatic rings. The van der Waals surface area contributed by atoms with Gasteiger partial charge in [-0.1, -0.05) is 0 Å². The fraction of sp³-hybridized carbons (Fsp3) is 0.444. The Morgan fingerprint density at radius 1 is 1.35 bits per heavy atom. The summed E-state index contributed by atoms with van der Waals surface area (Å²) in [5.41, 5.74) is 3.03. The van der Waals surface area contributed by atoms with Crippen LogP contribution >= 0.6 is 0 Å². The fourth-order valence-corrected chi connectivity index (χ4v) is 3.31. The standard InChI is InChI=1S/C18H22FN3O/c1-13-16(12-20-21(13)2)17-4-3-10-22(17)11-9-18(23)14-5-7-15(19)8-6-14/h5-8,12,17H,3-4,9-11H2,1-2H3. The number of Topliss-reactive ketones (excluding diaryl/α,β-unsaturated/α-hetero) is 1. The number of likely N-dealkylation sites (tertiary alicyclic amines) is 1. The van der Waals surface area contributed by atoms with Crippen LogP contribution in [0.5, 0.6) is 0 Å². The lowest BCUT2D eigenvalue weighted by Gasteiger charge is -2.24. The van der Waals surface area contributed by atoms with E-state index in [9.17, 15) is 9.18 Å². The van der Waals surface area contributed by atoms with Gasteiger partial charge in [-0.15, -0.1) is 0 Å². The van der Waals surface area contributed by atoms with Crippen LogP contribution in [-0.4, -0.2) is 33.6 Å². The van der Waals surface area contributed by atoms with E-state index in [-0.39, 0.29) is 11.6 Å². The number of hydrogen-bond acceptors (Lipinski definition) is 3. The van der Waals surface area contributed by atoms with Gasteiger partial charge in [0.1, 0.15) is 5.82 Å². The molecule has 0 amide bonds. The summed E-state index contributed by atoms with van der Waals surface area (Å²) < 4.78 is 14.8. The van der Waals surface area contributed by atoms with Gasteiger partial charge in [-0.2, -0.15) is 5.10 Å². The molecule has 0 N–H and O–H groups in total. The van der Waals surface area contributed by atoms with Crippen molar-refractivity contribution in [2.24, 2.45) is 7.05 Å². The number of hydrogen-bond donors (Lipinski definition) is 0. The van der Waals surface area contributed by atoms with Crippen LogP contribution in [0.3, 0.4) is 0 Å². The van der Waals surface area contributed by atoms with E-state index >= 15 is 0 Å². The number of benzene rings is 1. The van der Waals surface area contributed by atoms with Gasteiger partial charge in [0.15, 0.2) is 5.78 Å². The van der Waals surface area contributed by atoms with Crippen LogP contribution in [0.15, 0.2) is 30.5 Å². The quantitative estimate of drug-likeness (QED) is 0.795. The highest BCUT2D eigenvalue weighted by molar-refractivity contribution is 5.96. The third-order valence-corrected chi connectivity index (χ3v) is 4.79. The first-order chi connectivity index (χ1) is 11.1. The van der Waals surface area contributed by atoms with Crippen molar-refractivity contribution in [2.45, 2.75) is 32.2 Å². The van der Waals surface area contributed by atoms with Crippen LogP contribution in [-0.2, 0) is 7.05 Å². The van der Waals surface area contributed by atoms with Gasteiger partial charge in [-0.05, 0) is 50.6 Å². The summed E-state index contributed by atoms with van der Waals surface area (Å²) >= 11 is 0. The summed E-state index contributed by atoms with van der Waals surface area (Å²) in [5.74, 6) is -0.244. The molecule has 0 aliphatic carbocycles. The first kappa shape index (κ1) is 15.9. The molecule has 4 nitrogen and oxygen atoms in total. The van der Waals surface area contributed by atoms with E-state index in [1.54, 1.807) is 12.1 Å². The Kier molecular flexibility index (Phi) is 4.57. The summed E-state index contributed by atoms with van der Waals surface area (Å²) in [6, 6.07) is 6.15. The monoisotopic (exact) mass is 315 g/mol. The van der Waals surface area contributed by atoms with Crippen molar-refractivity contribution in [3.8, 4) is 0 Å². The minimum absolute atomic E-state index is 0.0681. The molecule has 1 aromatic heterocycles. The molecular weight excluding hydrogens is 293 g/mol. The van der Waals surface area contributed by atoms with Gasteiger partial charge in [0, 0.05) is 42.9 Å². The number of carbonyl (C=O) groups is 1. The average molecular weight is 315 g/mol. The second-order valence-electron chi connectivity index (χ2n) is 6.18. The van der Waals surface area contributed by atoms with Gasteiger partial charge in [0.05, 0.1) is 6.20 Å². The summed E-state index contributed by atoms with van der Waals surface area (Å²) in [6.07, 6.45) is 4.66. The molecule has 0 saturated carbocycles. The van der Waals surface area contributed by atoms with Crippen molar-refractivity contribution in [3.05, 3.63) is 53.1 Å². The van der Waals surface area contributed by atoms with Crippen molar-refractivity contribution >= 4 is 5.78 Å². The lowest BCUT2D eigenvalue weighted by Crippen LogP contribution is -2.26. The van der Waals surface area contributed by atoms with Gasteiger partial charge in [-0.3, -0.25) is 14.4 Å². The van der Waals surface area contributed by atoms with E-state index in [4.69, 9.17) is 0 Å². The first-order valence-corrected chi connectivity index (χ1v) is 8.07. The zero-order valence-corrected chi connectivity index (χ0v) is 13.6. The number of rotatable bonds is 5. The van der Waals surface area contributed by atoms with Gasteiger partial charge < -0.3 is 0 Å². The van der Waals surface area contributed by atoms with Gasteiger partial charge in [0.25, 0.3) is 0 Å². The average Bonchev–Trinajstić information content (AvgIpc) is 3.13. The molecule has 0 spiro atoms. The molecule has 1 fully saturated rings. The zero-order chi connectivity index (χ0) is 16.4. The second kappa shape index (κ2) is 6.62. The van der Waals surface area contributed by atoms with E-state index in [0.717, 1.165) is 25.9 Å². The highest BCUT2D eigenvalue weighted by Gasteiger charge is 2.28. The molecule has 1 unspecified atom stereocenters. The Morgan fingerprint density at radius 2 is 2.09 bits per heavy atom. The van der Waals surface area contributed by atoms with Gasteiger partial charge >= 0.3 is 0 Å². The number of ketones is 1. The van der Waals surface area contributed by atoms with Gasteiger partial charge in [-0.25, -0.2) is 4.39 Å². The largest absolute Gasteiger partial charge is 0.296 e. The second-order valence-corrected chi connectivity index (χ2v) is 6.18. The van der Waals surface area contributed by atoms with E-state index in [2.05, 4.69) is 16.9 Å². The van der Waals surface area contributed by atoms with Crippen LogP contribution in [0.1, 0.15) is 46.9 Å². The fourth-order valence-electron chi connectivity index (χ4n) is 3.31. The lowest BCUT2D eigenvalue weighted by atomic mass is 10.0. The van der Waals surface area contributed by atoms with Crippen LogP contribution in [0, 0.1) is 12.7 Å². The van der Waals surface area contributed by atoms with E-state index in [0.29, 0.717) is 18.0 Å². The lowest BCUT2D eigenvalue weighted by molar-refractivity contribution is 0.0961. The van der Waals surface area contributed by atoms with Crippen LogP contribution < -0.4 is 0 Å². The number of aryl methyl sites for hydroxylation is 1. The third kappa shape index (κ3) is 3.34. The van der Waals surface area contributed by atoms with Crippen molar-refractivity contribution in [1.29, 1.82) is 0 Å². The minimum Gasteiger partial charge on any atom is -0.296 e. The molecule has 1 saturated heterocycles. The molecule has 23 heavy (non-hydrogen) atoms. The Labute approximate surface area is 135 Å². The number of carbonyl (C=O) groups excluding carboxylic acids is 1. The Bertz CT molecular complexity index is 693. The normalized spacial score (nSPS) is 18.5. The molecule has 2 aromatic rings. The van der Waals surface area contributed by atoms with E-state index in [1.807, 2.05) is 17.9 Å². The predicted octanol–water partition coefficient (Wildman–Crippen LogP) is 3.28. The Hall–Kier alpha value is -2.01. The van der Waals surface area contributed by atoms with Crippen LogP contribution in [0.4, 0.5) is 4.39 Å². The molecule has 122 valence electrons. The van der Waals surface area contributed by atoms with Crippen molar-refractivity contribution in [2.75, 3.05) is 13.1 Å². The Balaban J connectivity index is 1.64.